The second-order valence-corrected chi connectivity index (χ2v) is 9.47. The molecule has 2 heterocycles. The van der Waals surface area contributed by atoms with Crippen LogP contribution in [0.1, 0.15) is 32.0 Å². The zero-order chi connectivity index (χ0) is 21.1. The molecule has 1 aliphatic heterocycles. The van der Waals surface area contributed by atoms with Gasteiger partial charge in [-0.3, -0.25) is 4.79 Å². The van der Waals surface area contributed by atoms with Crippen LogP contribution in [0.3, 0.4) is 0 Å². The summed E-state index contributed by atoms with van der Waals surface area (Å²) >= 11 is 0. The molecule has 0 saturated carbocycles. The minimum Gasteiger partial charge on any atom is -0.325 e. The summed E-state index contributed by atoms with van der Waals surface area (Å²) < 4.78 is 28.7. The van der Waals surface area contributed by atoms with Crippen LogP contribution in [0, 0.1) is 0 Å². The fraction of sp³-hybridized carbons (Fsp3) is 0.364. The van der Waals surface area contributed by atoms with Gasteiger partial charge in [-0.15, -0.1) is 0 Å². The van der Waals surface area contributed by atoms with E-state index in [1.165, 1.54) is 4.31 Å². The van der Waals surface area contributed by atoms with Crippen LogP contribution in [0.25, 0.3) is 11.0 Å². The number of fused-ring (bicyclic) bond motifs is 1. The largest absolute Gasteiger partial charge is 0.325 e. The van der Waals surface area contributed by atoms with Crippen LogP contribution < -0.4 is 5.32 Å². The topological polar surface area (TPSA) is 84.3 Å². The van der Waals surface area contributed by atoms with Crippen LogP contribution in [0.4, 0.5) is 5.69 Å². The highest BCUT2D eigenvalue weighted by molar-refractivity contribution is 7.89. The first-order chi connectivity index (χ1) is 14.5. The molecule has 1 saturated heterocycles. The second kappa shape index (κ2) is 8.57. The molecule has 1 amide bonds. The van der Waals surface area contributed by atoms with Gasteiger partial charge in [0.25, 0.3) is 0 Å². The lowest BCUT2D eigenvalue weighted by molar-refractivity contribution is -0.116. The van der Waals surface area contributed by atoms with Gasteiger partial charge in [-0.05, 0) is 55.7 Å². The molecule has 0 spiro atoms. The molecule has 0 bridgehead atoms. The molecule has 1 aliphatic rings. The molecule has 0 unspecified atom stereocenters. The minimum absolute atomic E-state index is 0.156. The lowest BCUT2D eigenvalue weighted by Crippen LogP contribution is -2.27. The van der Waals surface area contributed by atoms with E-state index < -0.39 is 10.0 Å². The van der Waals surface area contributed by atoms with E-state index >= 15 is 0 Å². The number of sulfonamides is 1. The molecule has 4 rings (SSSR count). The second-order valence-electron chi connectivity index (χ2n) is 7.54. The fourth-order valence-electron chi connectivity index (χ4n) is 3.85. The Morgan fingerprint density at radius 3 is 2.47 bits per heavy atom. The zero-order valence-electron chi connectivity index (χ0n) is 17.0. The predicted octanol–water partition coefficient (Wildman–Crippen LogP) is 3.41. The maximum absolute atomic E-state index is 12.7. The summed E-state index contributed by atoms with van der Waals surface area (Å²) in [6.45, 7) is 3.38. The molecular formula is C22H26N4O3S. The number of hydrogen-bond acceptors (Lipinski definition) is 4. The normalized spacial score (nSPS) is 15.0. The maximum atomic E-state index is 12.7. The Labute approximate surface area is 176 Å². The van der Waals surface area contributed by atoms with Crippen molar-refractivity contribution in [3.8, 4) is 0 Å². The summed E-state index contributed by atoms with van der Waals surface area (Å²) in [6, 6.07) is 14.2. The summed E-state index contributed by atoms with van der Waals surface area (Å²) in [4.78, 5) is 17.6. The maximum Gasteiger partial charge on any atom is 0.244 e. The summed E-state index contributed by atoms with van der Waals surface area (Å²) in [5.74, 6) is 0.714. The summed E-state index contributed by atoms with van der Waals surface area (Å²) in [5.41, 5.74) is 2.38. The van der Waals surface area contributed by atoms with Gasteiger partial charge in [0.2, 0.25) is 15.9 Å². The Hall–Kier alpha value is -2.71. The van der Waals surface area contributed by atoms with Gasteiger partial charge in [-0.1, -0.05) is 19.1 Å². The number of aryl methyl sites for hydroxylation is 1. The van der Waals surface area contributed by atoms with Crippen molar-refractivity contribution in [2.24, 2.45) is 0 Å². The average molecular weight is 427 g/mol. The van der Waals surface area contributed by atoms with Gasteiger partial charge >= 0.3 is 0 Å². The third kappa shape index (κ3) is 4.11. The first kappa shape index (κ1) is 20.6. The van der Waals surface area contributed by atoms with Crippen molar-refractivity contribution in [1.29, 1.82) is 0 Å². The van der Waals surface area contributed by atoms with Crippen molar-refractivity contribution in [3.05, 3.63) is 54.4 Å². The molecule has 7 nitrogen and oxygen atoms in total. The number of para-hydroxylation sites is 2. The van der Waals surface area contributed by atoms with Crippen LogP contribution in [0.15, 0.2) is 53.4 Å². The standard InChI is InChI=1S/C22H26N4O3S/c1-2-7-21-24-19-8-3-4-9-20(19)26(21)16-22(27)23-17-10-12-18(13-11-17)30(28,29)25-14-5-6-15-25/h3-4,8-13H,2,5-7,14-16H2,1H3,(H,23,27). The quantitative estimate of drug-likeness (QED) is 0.627. The Balaban J connectivity index is 1.48. The third-order valence-corrected chi connectivity index (χ3v) is 7.26. The van der Waals surface area contributed by atoms with Crippen molar-refractivity contribution < 1.29 is 13.2 Å². The number of imidazole rings is 1. The van der Waals surface area contributed by atoms with Crippen LogP contribution in [0.2, 0.25) is 0 Å². The van der Waals surface area contributed by atoms with E-state index in [0.29, 0.717) is 18.8 Å². The first-order valence-electron chi connectivity index (χ1n) is 10.3. The van der Waals surface area contributed by atoms with E-state index in [1.54, 1.807) is 24.3 Å². The first-order valence-corrected chi connectivity index (χ1v) is 11.8. The average Bonchev–Trinajstić information content (AvgIpc) is 3.38. The molecule has 1 N–H and O–H groups in total. The molecule has 2 aromatic carbocycles. The zero-order valence-corrected chi connectivity index (χ0v) is 17.9. The smallest absolute Gasteiger partial charge is 0.244 e. The van der Waals surface area contributed by atoms with Gasteiger partial charge < -0.3 is 9.88 Å². The summed E-state index contributed by atoms with van der Waals surface area (Å²) in [7, 11) is -3.45. The number of anilines is 1. The minimum atomic E-state index is -3.45. The van der Waals surface area contributed by atoms with Crippen molar-refractivity contribution in [2.75, 3.05) is 18.4 Å². The van der Waals surface area contributed by atoms with Crippen LogP contribution >= 0.6 is 0 Å². The Morgan fingerprint density at radius 2 is 1.77 bits per heavy atom. The number of nitrogens with one attached hydrogen (secondary N) is 1. The number of rotatable bonds is 7. The lowest BCUT2D eigenvalue weighted by Gasteiger charge is -2.16. The monoisotopic (exact) mass is 426 g/mol. The fourth-order valence-corrected chi connectivity index (χ4v) is 5.37. The molecule has 1 aromatic heterocycles. The molecule has 0 radical (unpaired) electrons. The van der Waals surface area contributed by atoms with Crippen molar-refractivity contribution in [1.82, 2.24) is 13.9 Å². The number of aromatic nitrogens is 2. The Kier molecular flexibility index (Phi) is 5.87. The summed E-state index contributed by atoms with van der Waals surface area (Å²) in [6.07, 6.45) is 3.54. The number of nitrogens with zero attached hydrogens (tertiary/aromatic N) is 3. The van der Waals surface area contributed by atoms with Crippen molar-refractivity contribution in [2.45, 2.75) is 44.0 Å². The van der Waals surface area contributed by atoms with Crippen LogP contribution in [0.5, 0.6) is 0 Å². The third-order valence-electron chi connectivity index (χ3n) is 5.35. The number of hydrogen-bond donors (Lipinski definition) is 1. The van der Waals surface area contributed by atoms with Gasteiger partial charge in [-0.2, -0.15) is 4.31 Å². The predicted molar refractivity (Wildman–Crippen MR) is 117 cm³/mol. The number of benzene rings is 2. The van der Waals surface area contributed by atoms with E-state index in [4.69, 9.17) is 0 Å². The molecule has 0 atom stereocenters. The van der Waals surface area contributed by atoms with E-state index in [0.717, 1.165) is 42.5 Å². The van der Waals surface area contributed by atoms with Crippen molar-refractivity contribution in [3.63, 3.8) is 0 Å². The lowest BCUT2D eigenvalue weighted by atomic mass is 10.3. The highest BCUT2D eigenvalue weighted by atomic mass is 32.2. The van der Waals surface area contributed by atoms with Gasteiger partial charge in [-0.25, -0.2) is 13.4 Å². The van der Waals surface area contributed by atoms with Gasteiger partial charge in [0.15, 0.2) is 0 Å². The molecule has 8 heteroatoms. The molecule has 1 fully saturated rings. The van der Waals surface area contributed by atoms with Crippen molar-refractivity contribution >= 4 is 32.7 Å². The highest BCUT2D eigenvalue weighted by Gasteiger charge is 2.27. The van der Waals surface area contributed by atoms with Crippen LogP contribution in [-0.4, -0.2) is 41.3 Å². The molecule has 3 aromatic rings. The van der Waals surface area contributed by atoms with Gasteiger partial charge in [0.05, 0.1) is 15.9 Å². The Bertz CT molecular complexity index is 1150. The number of carbonyl (C=O) groups excluding carboxylic acids is 1. The van der Waals surface area contributed by atoms with E-state index in [-0.39, 0.29) is 17.3 Å². The summed E-state index contributed by atoms with van der Waals surface area (Å²) in [5, 5.41) is 2.87. The molecule has 158 valence electrons. The van der Waals surface area contributed by atoms with Crippen LogP contribution in [-0.2, 0) is 27.8 Å². The molecule has 30 heavy (non-hydrogen) atoms. The number of carbonyl (C=O) groups is 1. The number of amides is 1. The molecular weight excluding hydrogens is 400 g/mol. The SMILES string of the molecule is CCCc1nc2ccccc2n1CC(=O)Nc1ccc(S(=O)(=O)N2CCCC2)cc1. The van der Waals surface area contributed by atoms with E-state index in [1.807, 2.05) is 28.8 Å². The van der Waals surface area contributed by atoms with Gasteiger partial charge in [0.1, 0.15) is 12.4 Å². The highest BCUT2D eigenvalue weighted by Crippen LogP contribution is 2.22. The van der Waals surface area contributed by atoms with Gasteiger partial charge in [0, 0.05) is 25.2 Å². The Morgan fingerprint density at radius 1 is 1.07 bits per heavy atom. The molecule has 0 aliphatic carbocycles. The van der Waals surface area contributed by atoms with E-state index in [2.05, 4.69) is 17.2 Å². The van der Waals surface area contributed by atoms with E-state index in [9.17, 15) is 13.2 Å².